The first-order valence-electron chi connectivity index (χ1n) is 9.40. The van der Waals surface area contributed by atoms with Gasteiger partial charge in [0, 0.05) is 31.6 Å². The fourth-order valence-corrected chi connectivity index (χ4v) is 3.95. The number of amides is 1. The number of aromatic nitrogens is 1. The first-order chi connectivity index (χ1) is 12.7. The van der Waals surface area contributed by atoms with Gasteiger partial charge in [-0.2, -0.15) is 0 Å². The van der Waals surface area contributed by atoms with Crippen LogP contribution in [0.5, 0.6) is 0 Å². The van der Waals surface area contributed by atoms with Crippen LogP contribution in [0.1, 0.15) is 24.3 Å². The molecule has 0 aliphatic carbocycles. The second-order valence-corrected chi connectivity index (χ2v) is 7.13. The van der Waals surface area contributed by atoms with Gasteiger partial charge in [-0.3, -0.25) is 4.79 Å². The van der Waals surface area contributed by atoms with E-state index in [0.717, 1.165) is 42.9 Å². The molecule has 3 heterocycles. The third-order valence-electron chi connectivity index (χ3n) is 5.33. The lowest BCUT2D eigenvalue weighted by atomic mass is 9.95. The number of rotatable bonds is 4. The van der Waals surface area contributed by atoms with Crippen molar-refractivity contribution in [3.05, 3.63) is 41.8 Å². The molecule has 1 amide bonds. The highest BCUT2D eigenvalue weighted by atomic mass is 16.4. The van der Waals surface area contributed by atoms with E-state index in [-0.39, 0.29) is 18.4 Å². The minimum absolute atomic E-state index is 0.0253. The van der Waals surface area contributed by atoms with Gasteiger partial charge in [-0.05, 0) is 31.5 Å². The summed E-state index contributed by atoms with van der Waals surface area (Å²) in [5.74, 6) is 1.77. The molecule has 1 unspecified atom stereocenters. The maximum atomic E-state index is 13.0. The molecule has 4 rings (SSSR count). The Morgan fingerprint density at radius 3 is 2.92 bits per heavy atom. The largest absolute Gasteiger partial charge is 0.441 e. The zero-order valence-corrected chi connectivity index (χ0v) is 14.9. The normalized spacial score (nSPS) is 20.8. The summed E-state index contributed by atoms with van der Waals surface area (Å²) in [6.07, 6.45) is 2.66. The maximum absolute atomic E-state index is 13.0. The van der Waals surface area contributed by atoms with Crippen LogP contribution in [0.4, 0.5) is 0 Å². The smallest absolute Gasteiger partial charge is 0.227 e. The number of carbonyl (C=O) groups excluding carboxylic acids is 1. The average molecular weight is 355 g/mol. The highest BCUT2D eigenvalue weighted by Gasteiger charge is 2.32. The van der Waals surface area contributed by atoms with Gasteiger partial charge in [0.25, 0.3) is 0 Å². The van der Waals surface area contributed by atoms with Gasteiger partial charge in [-0.1, -0.05) is 18.2 Å². The summed E-state index contributed by atoms with van der Waals surface area (Å²) in [4.78, 5) is 21.7. The molecule has 2 aliphatic heterocycles. The lowest BCUT2D eigenvalue weighted by molar-refractivity contribution is -0.138. The van der Waals surface area contributed by atoms with Crippen molar-refractivity contribution in [1.29, 1.82) is 0 Å². The molecule has 26 heavy (non-hydrogen) atoms. The van der Waals surface area contributed by atoms with Crippen molar-refractivity contribution >= 4 is 5.91 Å². The second-order valence-electron chi connectivity index (χ2n) is 7.13. The average Bonchev–Trinajstić information content (AvgIpc) is 3.12. The van der Waals surface area contributed by atoms with E-state index in [1.807, 2.05) is 35.2 Å². The second kappa shape index (κ2) is 7.60. The van der Waals surface area contributed by atoms with E-state index < -0.39 is 0 Å². The van der Waals surface area contributed by atoms with Crippen LogP contribution in [-0.2, 0) is 17.8 Å². The van der Waals surface area contributed by atoms with Gasteiger partial charge < -0.3 is 19.3 Å². The molecule has 138 valence electrons. The number of likely N-dealkylation sites (tertiary alicyclic amines) is 1. The predicted molar refractivity (Wildman–Crippen MR) is 97.3 cm³/mol. The highest BCUT2D eigenvalue weighted by molar-refractivity contribution is 5.79. The lowest BCUT2D eigenvalue weighted by Gasteiger charge is -2.35. The molecule has 1 N–H and O–H groups in total. The van der Waals surface area contributed by atoms with E-state index in [1.165, 1.54) is 0 Å². The predicted octanol–water partition coefficient (Wildman–Crippen LogP) is 1.93. The molecule has 6 nitrogen and oxygen atoms in total. The number of aliphatic hydroxyl groups excluding tert-OH is 1. The summed E-state index contributed by atoms with van der Waals surface area (Å²) in [6, 6.07) is 9.87. The minimum atomic E-state index is 0.0253. The summed E-state index contributed by atoms with van der Waals surface area (Å²) in [6.45, 7) is 3.73. The van der Waals surface area contributed by atoms with E-state index in [4.69, 9.17) is 9.52 Å². The van der Waals surface area contributed by atoms with Gasteiger partial charge in [-0.15, -0.1) is 0 Å². The summed E-state index contributed by atoms with van der Waals surface area (Å²) >= 11 is 0. The van der Waals surface area contributed by atoms with Crippen LogP contribution in [0, 0.1) is 5.92 Å². The van der Waals surface area contributed by atoms with Crippen molar-refractivity contribution in [3.63, 3.8) is 0 Å². The number of oxazole rings is 1. The number of benzene rings is 1. The van der Waals surface area contributed by atoms with E-state index in [0.29, 0.717) is 31.9 Å². The summed E-state index contributed by atoms with van der Waals surface area (Å²) in [7, 11) is 0. The van der Waals surface area contributed by atoms with Gasteiger partial charge in [0.1, 0.15) is 11.5 Å². The molecule has 1 fully saturated rings. The Morgan fingerprint density at radius 2 is 2.12 bits per heavy atom. The molecule has 0 radical (unpaired) electrons. The molecule has 1 aromatic carbocycles. The fourth-order valence-electron chi connectivity index (χ4n) is 3.95. The van der Waals surface area contributed by atoms with Crippen LogP contribution in [0.3, 0.4) is 0 Å². The first-order valence-corrected chi connectivity index (χ1v) is 9.40. The maximum Gasteiger partial charge on any atom is 0.227 e. The lowest BCUT2D eigenvalue weighted by Crippen LogP contribution is -2.46. The van der Waals surface area contributed by atoms with Crippen molar-refractivity contribution in [2.24, 2.45) is 5.92 Å². The summed E-state index contributed by atoms with van der Waals surface area (Å²) < 4.78 is 5.93. The zero-order chi connectivity index (χ0) is 17.9. The molecule has 2 aliphatic rings. The standard InChI is InChI=1S/C20H25N3O3/c24-12-11-22-9-4-7-16(13-22)20(25)23-10-8-18-17(14-23)21-19(26-18)15-5-2-1-3-6-15/h1-3,5-6,16,24H,4,7-14H2. The van der Waals surface area contributed by atoms with Gasteiger partial charge in [0.2, 0.25) is 11.8 Å². The van der Waals surface area contributed by atoms with Gasteiger partial charge >= 0.3 is 0 Å². The zero-order valence-electron chi connectivity index (χ0n) is 14.9. The number of aliphatic hydroxyl groups is 1. The topological polar surface area (TPSA) is 69.8 Å². The molecule has 2 aromatic rings. The van der Waals surface area contributed by atoms with E-state index >= 15 is 0 Å². The van der Waals surface area contributed by atoms with E-state index in [2.05, 4.69) is 9.88 Å². The minimum Gasteiger partial charge on any atom is -0.441 e. The molecule has 6 heteroatoms. The Morgan fingerprint density at radius 1 is 1.27 bits per heavy atom. The van der Waals surface area contributed by atoms with Gasteiger partial charge in [-0.25, -0.2) is 4.98 Å². The van der Waals surface area contributed by atoms with E-state index in [1.54, 1.807) is 0 Å². The van der Waals surface area contributed by atoms with Crippen molar-refractivity contribution in [2.45, 2.75) is 25.8 Å². The van der Waals surface area contributed by atoms with E-state index in [9.17, 15) is 4.79 Å². The Bertz CT molecular complexity index is 757. The quantitative estimate of drug-likeness (QED) is 0.908. The molecular formula is C20H25N3O3. The number of hydrogen-bond acceptors (Lipinski definition) is 5. The van der Waals surface area contributed by atoms with Crippen LogP contribution in [-0.4, -0.2) is 58.6 Å². The number of carbonyl (C=O) groups is 1. The number of nitrogens with zero attached hydrogens (tertiary/aromatic N) is 3. The molecule has 1 aromatic heterocycles. The van der Waals surface area contributed by atoms with Gasteiger partial charge in [0.15, 0.2) is 0 Å². The van der Waals surface area contributed by atoms with Crippen LogP contribution >= 0.6 is 0 Å². The third-order valence-corrected chi connectivity index (χ3v) is 5.33. The first kappa shape index (κ1) is 17.2. The monoisotopic (exact) mass is 355 g/mol. The molecule has 1 atom stereocenters. The molecule has 0 bridgehead atoms. The molecule has 1 saturated heterocycles. The Kier molecular flexibility index (Phi) is 5.04. The Hall–Kier alpha value is -2.18. The molecular weight excluding hydrogens is 330 g/mol. The summed E-state index contributed by atoms with van der Waals surface area (Å²) in [5.41, 5.74) is 1.85. The Balaban J connectivity index is 1.45. The van der Waals surface area contributed by atoms with Crippen LogP contribution in [0.15, 0.2) is 34.7 Å². The number of β-amino-alcohol motifs (C(OH)–C–C–N with tert-alkyl or cyclic N) is 1. The summed E-state index contributed by atoms with van der Waals surface area (Å²) in [5, 5.41) is 9.14. The highest BCUT2D eigenvalue weighted by Crippen LogP contribution is 2.28. The number of piperidine rings is 1. The van der Waals surface area contributed by atoms with Crippen molar-refractivity contribution in [1.82, 2.24) is 14.8 Å². The van der Waals surface area contributed by atoms with Gasteiger partial charge in [0.05, 0.1) is 19.1 Å². The fraction of sp³-hybridized carbons (Fsp3) is 0.500. The number of fused-ring (bicyclic) bond motifs is 1. The SMILES string of the molecule is O=C(C1CCCN(CCO)C1)N1CCc2oc(-c3ccccc3)nc2C1. The Labute approximate surface area is 153 Å². The van der Waals surface area contributed by atoms with Crippen LogP contribution < -0.4 is 0 Å². The number of hydrogen-bond donors (Lipinski definition) is 1. The van der Waals surface area contributed by atoms with Crippen molar-refractivity contribution in [2.75, 3.05) is 32.8 Å². The molecule has 0 spiro atoms. The van der Waals surface area contributed by atoms with Crippen molar-refractivity contribution < 1.29 is 14.3 Å². The van der Waals surface area contributed by atoms with Crippen molar-refractivity contribution in [3.8, 4) is 11.5 Å². The third kappa shape index (κ3) is 3.52. The molecule has 0 saturated carbocycles. The van der Waals surface area contributed by atoms with Crippen LogP contribution in [0.25, 0.3) is 11.5 Å². The van der Waals surface area contributed by atoms with Crippen LogP contribution in [0.2, 0.25) is 0 Å².